The molecule has 0 saturated heterocycles. The van der Waals surface area contributed by atoms with Gasteiger partial charge >= 0.3 is 0 Å². The number of rotatable bonds is 9. The van der Waals surface area contributed by atoms with E-state index in [1.807, 2.05) is 24.3 Å². The molecule has 5 heteroatoms. The summed E-state index contributed by atoms with van der Waals surface area (Å²) in [5, 5.41) is 0. The van der Waals surface area contributed by atoms with Gasteiger partial charge in [0.05, 0.1) is 13.2 Å². The maximum atomic E-state index is 15.7. The Hall–Kier alpha value is -0.496. The van der Waals surface area contributed by atoms with Gasteiger partial charge in [0, 0.05) is 0 Å². The van der Waals surface area contributed by atoms with E-state index >= 15 is 4.39 Å². The van der Waals surface area contributed by atoms with E-state index in [0.29, 0.717) is 5.56 Å². The van der Waals surface area contributed by atoms with Crippen LogP contribution in [0.2, 0.25) is 39.3 Å². The van der Waals surface area contributed by atoms with E-state index < -0.39 is 22.3 Å². The Kier molecular flexibility index (Phi) is 7.20. The van der Waals surface area contributed by atoms with Crippen LogP contribution in [-0.4, -0.2) is 29.8 Å². The molecule has 0 atom stereocenters. The van der Waals surface area contributed by atoms with E-state index in [4.69, 9.17) is 8.85 Å². The lowest BCUT2D eigenvalue weighted by Gasteiger charge is -2.32. The summed E-state index contributed by atoms with van der Waals surface area (Å²) in [4.78, 5) is 0. The monoisotopic (exact) mass is 356 g/mol. The van der Waals surface area contributed by atoms with Crippen molar-refractivity contribution in [1.29, 1.82) is 0 Å². The molecule has 0 amide bonds. The van der Waals surface area contributed by atoms with Crippen molar-refractivity contribution in [2.75, 3.05) is 13.2 Å². The number of hydrogen-bond donors (Lipinski definition) is 0. The first-order valence-corrected chi connectivity index (χ1v) is 15.3. The Bertz CT molecular complexity index is 457. The van der Waals surface area contributed by atoms with Crippen LogP contribution in [0.4, 0.5) is 4.39 Å². The summed E-state index contributed by atoms with van der Waals surface area (Å²) >= 11 is 0. The molecule has 0 aliphatic carbocycles. The third-order valence-corrected chi connectivity index (χ3v) is 5.50. The topological polar surface area (TPSA) is 18.5 Å². The molecular formula is C18H33FO2Si2. The van der Waals surface area contributed by atoms with Crippen molar-refractivity contribution in [3.8, 4) is 0 Å². The smallest absolute Gasteiger partial charge is 0.183 e. The molecule has 132 valence electrons. The molecule has 0 spiro atoms. The zero-order chi connectivity index (χ0) is 17.7. The van der Waals surface area contributed by atoms with Crippen molar-refractivity contribution < 1.29 is 13.2 Å². The van der Waals surface area contributed by atoms with Crippen molar-refractivity contribution in [2.45, 2.75) is 64.7 Å². The van der Waals surface area contributed by atoms with Crippen LogP contribution in [0.15, 0.2) is 24.3 Å². The second-order valence-electron chi connectivity index (χ2n) is 8.21. The van der Waals surface area contributed by atoms with Gasteiger partial charge in [0.15, 0.2) is 22.3 Å². The van der Waals surface area contributed by atoms with Crippen molar-refractivity contribution in [1.82, 2.24) is 0 Å². The molecule has 0 heterocycles. The zero-order valence-corrected chi connectivity index (χ0v) is 17.8. The van der Waals surface area contributed by atoms with Crippen LogP contribution in [0.25, 0.3) is 0 Å². The minimum absolute atomic E-state index is 0.0698. The van der Waals surface area contributed by atoms with Crippen molar-refractivity contribution in [3.05, 3.63) is 35.4 Å². The molecule has 1 rings (SSSR count). The SMILES string of the molecule is CCCc1ccc(C(F)(CO[Si](C)(C)C)CO[Si](C)(C)C)cc1. The van der Waals surface area contributed by atoms with Crippen LogP contribution >= 0.6 is 0 Å². The molecule has 0 saturated carbocycles. The summed E-state index contributed by atoms with van der Waals surface area (Å²) in [5.74, 6) is 0. The highest BCUT2D eigenvalue weighted by Gasteiger charge is 2.36. The summed E-state index contributed by atoms with van der Waals surface area (Å²) in [6, 6.07) is 7.84. The Morgan fingerprint density at radius 1 is 0.870 bits per heavy atom. The lowest BCUT2D eigenvalue weighted by molar-refractivity contribution is 0.0266. The first-order chi connectivity index (χ1) is 10.5. The van der Waals surface area contributed by atoms with Crippen LogP contribution in [-0.2, 0) is 20.9 Å². The van der Waals surface area contributed by atoms with Gasteiger partial charge in [0.25, 0.3) is 0 Å². The second kappa shape index (κ2) is 8.05. The van der Waals surface area contributed by atoms with Crippen molar-refractivity contribution in [3.63, 3.8) is 0 Å². The van der Waals surface area contributed by atoms with Gasteiger partial charge in [-0.25, -0.2) is 4.39 Å². The number of aryl methyl sites for hydroxylation is 1. The van der Waals surface area contributed by atoms with Crippen molar-refractivity contribution >= 4 is 16.6 Å². The first-order valence-electron chi connectivity index (χ1n) is 8.51. The van der Waals surface area contributed by atoms with E-state index in [9.17, 15) is 0 Å². The Morgan fingerprint density at radius 3 is 1.65 bits per heavy atom. The van der Waals surface area contributed by atoms with Gasteiger partial charge in [-0.05, 0) is 56.8 Å². The van der Waals surface area contributed by atoms with Gasteiger partial charge in [-0.2, -0.15) is 0 Å². The fourth-order valence-electron chi connectivity index (χ4n) is 2.13. The Balaban J connectivity index is 2.96. The Morgan fingerprint density at radius 2 is 1.30 bits per heavy atom. The standard InChI is InChI=1S/C18H33FO2Si2/c1-8-9-16-10-12-17(13-11-16)18(19,14-20-22(2,3)4)15-21-23(5,6)7/h10-13H,8-9,14-15H2,1-7H3. The molecule has 0 aliphatic heterocycles. The largest absolute Gasteiger partial charge is 0.414 e. The fraction of sp³-hybridized carbons (Fsp3) is 0.667. The molecule has 1 aromatic carbocycles. The summed E-state index contributed by atoms with van der Waals surface area (Å²) in [6.07, 6.45) is 2.12. The van der Waals surface area contributed by atoms with Crippen LogP contribution in [0.1, 0.15) is 24.5 Å². The van der Waals surface area contributed by atoms with Crippen LogP contribution in [0.3, 0.4) is 0 Å². The summed E-state index contributed by atoms with van der Waals surface area (Å²) < 4.78 is 27.5. The molecule has 2 nitrogen and oxygen atoms in total. The number of halogens is 1. The normalized spacial score (nSPS) is 13.4. The van der Waals surface area contributed by atoms with E-state index in [1.54, 1.807) is 0 Å². The molecule has 0 aliphatic rings. The van der Waals surface area contributed by atoms with Gasteiger partial charge in [0.1, 0.15) is 0 Å². The van der Waals surface area contributed by atoms with E-state index in [-0.39, 0.29) is 13.2 Å². The highest BCUT2D eigenvalue weighted by molar-refractivity contribution is 6.70. The quantitative estimate of drug-likeness (QED) is 0.543. The number of alkyl halides is 1. The minimum atomic E-state index is -1.78. The molecule has 0 unspecified atom stereocenters. The van der Waals surface area contributed by atoms with E-state index in [0.717, 1.165) is 12.8 Å². The molecular weight excluding hydrogens is 323 g/mol. The molecule has 0 fully saturated rings. The van der Waals surface area contributed by atoms with E-state index in [2.05, 4.69) is 46.2 Å². The summed E-state index contributed by atoms with van der Waals surface area (Å²) in [5.41, 5.74) is 0.329. The molecule has 0 bridgehead atoms. The third-order valence-electron chi connectivity index (χ3n) is 3.48. The predicted octanol–water partition coefficient (Wildman–Crippen LogP) is 5.51. The van der Waals surface area contributed by atoms with Crippen LogP contribution < -0.4 is 0 Å². The maximum Gasteiger partial charge on any atom is 0.183 e. The molecule has 0 N–H and O–H groups in total. The lowest BCUT2D eigenvalue weighted by Crippen LogP contribution is -2.41. The van der Waals surface area contributed by atoms with Gasteiger partial charge < -0.3 is 8.85 Å². The Labute approximate surface area is 143 Å². The number of hydrogen-bond acceptors (Lipinski definition) is 2. The lowest BCUT2D eigenvalue weighted by atomic mass is 9.96. The van der Waals surface area contributed by atoms with Gasteiger partial charge in [-0.3, -0.25) is 0 Å². The van der Waals surface area contributed by atoms with E-state index in [1.165, 1.54) is 5.56 Å². The highest BCUT2D eigenvalue weighted by atomic mass is 28.4. The summed E-state index contributed by atoms with van der Waals surface area (Å²) in [6.45, 7) is 14.8. The first kappa shape index (κ1) is 20.5. The number of benzene rings is 1. The zero-order valence-electron chi connectivity index (χ0n) is 15.8. The highest BCUT2D eigenvalue weighted by Crippen LogP contribution is 2.30. The second-order valence-corrected chi connectivity index (χ2v) is 17.2. The van der Waals surface area contributed by atoms with Crippen molar-refractivity contribution in [2.24, 2.45) is 0 Å². The van der Waals surface area contributed by atoms with Gasteiger partial charge in [-0.15, -0.1) is 0 Å². The average molecular weight is 357 g/mol. The summed E-state index contributed by atoms with van der Waals surface area (Å²) in [7, 11) is -3.57. The minimum Gasteiger partial charge on any atom is -0.414 e. The third kappa shape index (κ3) is 7.74. The predicted molar refractivity (Wildman–Crippen MR) is 102 cm³/mol. The molecule has 23 heavy (non-hydrogen) atoms. The fourth-order valence-corrected chi connectivity index (χ4v) is 3.45. The average Bonchev–Trinajstić information content (AvgIpc) is 2.43. The van der Waals surface area contributed by atoms with Crippen LogP contribution in [0.5, 0.6) is 0 Å². The molecule has 0 aromatic heterocycles. The molecule has 1 aromatic rings. The van der Waals surface area contributed by atoms with Gasteiger partial charge in [0.2, 0.25) is 0 Å². The van der Waals surface area contributed by atoms with Crippen LogP contribution in [0, 0.1) is 0 Å². The molecule has 0 radical (unpaired) electrons. The maximum absolute atomic E-state index is 15.7. The van der Waals surface area contributed by atoms with Gasteiger partial charge in [-0.1, -0.05) is 37.6 Å².